The number of aromatic nitrogens is 2. The zero-order valence-corrected chi connectivity index (χ0v) is 9.92. The highest BCUT2D eigenvalue weighted by Crippen LogP contribution is 2.06. The van der Waals surface area contributed by atoms with Crippen LogP contribution in [0.5, 0.6) is 0 Å². The molecular formula is C14H14N2O. The van der Waals surface area contributed by atoms with Gasteiger partial charge in [0.2, 0.25) is 0 Å². The van der Waals surface area contributed by atoms with Crippen molar-refractivity contribution in [1.29, 1.82) is 0 Å². The normalized spacial score (nSPS) is 10.9. The van der Waals surface area contributed by atoms with Crippen LogP contribution in [0, 0.1) is 6.92 Å². The Hall–Kier alpha value is -2.16. The number of rotatable bonds is 3. The summed E-state index contributed by atoms with van der Waals surface area (Å²) in [5, 5.41) is 4.17. The van der Waals surface area contributed by atoms with Crippen LogP contribution in [0.3, 0.4) is 0 Å². The summed E-state index contributed by atoms with van der Waals surface area (Å²) in [5.41, 5.74) is 2.63. The molecule has 0 saturated heterocycles. The first-order valence-corrected chi connectivity index (χ1v) is 5.44. The van der Waals surface area contributed by atoms with E-state index in [0.717, 1.165) is 11.3 Å². The van der Waals surface area contributed by atoms with E-state index >= 15 is 0 Å². The molecule has 0 fully saturated rings. The second-order valence-corrected chi connectivity index (χ2v) is 3.98. The van der Waals surface area contributed by atoms with Crippen molar-refractivity contribution in [3.8, 4) is 0 Å². The summed E-state index contributed by atoms with van der Waals surface area (Å²) in [6.07, 6.45) is 5.12. The van der Waals surface area contributed by atoms with Crippen LogP contribution in [0.15, 0.2) is 42.6 Å². The number of ketones is 1. The van der Waals surface area contributed by atoms with E-state index in [1.165, 1.54) is 0 Å². The predicted octanol–water partition coefficient (Wildman–Crippen LogP) is 2.62. The van der Waals surface area contributed by atoms with Gasteiger partial charge in [-0.2, -0.15) is 5.10 Å². The van der Waals surface area contributed by atoms with E-state index in [2.05, 4.69) is 5.10 Å². The van der Waals surface area contributed by atoms with Crippen LogP contribution in [0.4, 0.5) is 0 Å². The van der Waals surface area contributed by atoms with Crippen LogP contribution in [-0.4, -0.2) is 15.6 Å². The first-order chi connectivity index (χ1) is 8.15. The van der Waals surface area contributed by atoms with E-state index < -0.39 is 0 Å². The highest BCUT2D eigenvalue weighted by atomic mass is 16.1. The molecule has 3 nitrogen and oxygen atoms in total. The van der Waals surface area contributed by atoms with Gasteiger partial charge < -0.3 is 0 Å². The van der Waals surface area contributed by atoms with Crippen LogP contribution in [0.2, 0.25) is 0 Å². The minimum Gasteiger partial charge on any atom is -0.289 e. The molecule has 0 saturated carbocycles. The highest BCUT2D eigenvalue weighted by molar-refractivity contribution is 6.06. The van der Waals surface area contributed by atoms with Gasteiger partial charge in [-0.25, -0.2) is 0 Å². The fourth-order valence-electron chi connectivity index (χ4n) is 1.50. The molecule has 0 atom stereocenters. The fraction of sp³-hybridized carbons (Fsp3) is 0.143. The molecule has 0 amide bonds. The molecule has 17 heavy (non-hydrogen) atoms. The van der Waals surface area contributed by atoms with E-state index in [4.69, 9.17) is 0 Å². The van der Waals surface area contributed by atoms with Crippen molar-refractivity contribution in [2.75, 3.05) is 0 Å². The van der Waals surface area contributed by atoms with Gasteiger partial charge >= 0.3 is 0 Å². The Morgan fingerprint density at radius 3 is 2.53 bits per heavy atom. The van der Waals surface area contributed by atoms with Gasteiger partial charge in [0.15, 0.2) is 5.78 Å². The number of nitrogens with zero attached hydrogens (tertiary/aromatic N) is 2. The zero-order valence-electron chi connectivity index (χ0n) is 9.92. The summed E-state index contributed by atoms with van der Waals surface area (Å²) >= 11 is 0. The third-order valence-corrected chi connectivity index (χ3v) is 2.48. The van der Waals surface area contributed by atoms with Crippen LogP contribution in [-0.2, 0) is 7.05 Å². The largest absolute Gasteiger partial charge is 0.289 e. The maximum atomic E-state index is 11.8. The zero-order chi connectivity index (χ0) is 12.3. The van der Waals surface area contributed by atoms with Crippen LogP contribution >= 0.6 is 0 Å². The molecule has 0 radical (unpaired) electrons. The lowest BCUT2D eigenvalue weighted by Crippen LogP contribution is -1.94. The third-order valence-electron chi connectivity index (χ3n) is 2.48. The lowest BCUT2D eigenvalue weighted by Gasteiger charge is -1.96. The SMILES string of the molecule is Cc1ccc(C(=O)/C=C/c2ccn(C)n2)cc1. The number of aryl methyl sites for hydroxylation is 2. The second-order valence-electron chi connectivity index (χ2n) is 3.98. The van der Waals surface area contributed by atoms with Gasteiger partial charge in [-0.1, -0.05) is 29.8 Å². The average molecular weight is 226 g/mol. The first-order valence-electron chi connectivity index (χ1n) is 5.44. The van der Waals surface area contributed by atoms with E-state index in [-0.39, 0.29) is 5.78 Å². The van der Waals surface area contributed by atoms with Gasteiger partial charge in [-0.05, 0) is 25.1 Å². The minimum absolute atomic E-state index is 0.00402. The Balaban J connectivity index is 2.11. The maximum Gasteiger partial charge on any atom is 0.185 e. The highest BCUT2D eigenvalue weighted by Gasteiger charge is 2.00. The van der Waals surface area contributed by atoms with Gasteiger partial charge in [0.1, 0.15) is 0 Å². The molecule has 1 aromatic carbocycles. The standard InChI is InChI=1S/C14H14N2O/c1-11-3-5-12(6-4-11)14(17)8-7-13-9-10-16(2)15-13/h3-10H,1-2H3/b8-7+. The summed E-state index contributed by atoms with van der Waals surface area (Å²) in [4.78, 5) is 11.8. The van der Waals surface area contributed by atoms with E-state index in [0.29, 0.717) is 5.56 Å². The second kappa shape index (κ2) is 4.78. The number of hydrogen-bond acceptors (Lipinski definition) is 2. The van der Waals surface area contributed by atoms with Crippen molar-refractivity contribution < 1.29 is 4.79 Å². The van der Waals surface area contributed by atoms with Crippen molar-refractivity contribution in [2.45, 2.75) is 6.92 Å². The van der Waals surface area contributed by atoms with Gasteiger partial charge in [0.25, 0.3) is 0 Å². The molecule has 0 unspecified atom stereocenters. The van der Waals surface area contributed by atoms with E-state index in [1.807, 2.05) is 50.5 Å². The van der Waals surface area contributed by atoms with Gasteiger partial charge in [0.05, 0.1) is 5.69 Å². The van der Waals surface area contributed by atoms with Crippen molar-refractivity contribution in [3.05, 3.63) is 59.4 Å². The van der Waals surface area contributed by atoms with E-state index in [9.17, 15) is 4.79 Å². The lowest BCUT2D eigenvalue weighted by molar-refractivity contribution is 0.104. The molecule has 0 aliphatic rings. The number of benzene rings is 1. The lowest BCUT2D eigenvalue weighted by atomic mass is 10.1. The average Bonchev–Trinajstić information content (AvgIpc) is 2.73. The Labute approximate surface area is 100 Å². The molecule has 86 valence electrons. The number of hydrogen-bond donors (Lipinski definition) is 0. The van der Waals surface area contributed by atoms with E-state index in [1.54, 1.807) is 16.8 Å². The minimum atomic E-state index is -0.00402. The molecule has 3 heteroatoms. The fourth-order valence-corrected chi connectivity index (χ4v) is 1.50. The van der Waals surface area contributed by atoms with Crippen LogP contribution in [0.25, 0.3) is 6.08 Å². The van der Waals surface area contributed by atoms with Crippen LogP contribution < -0.4 is 0 Å². The summed E-state index contributed by atoms with van der Waals surface area (Å²) in [6.45, 7) is 2.00. The molecule has 1 heterocycles. The summed E-state index contributed by atoms with van der Waals surface area (Å²) in [5.74, 6) is -0.00402. The van der Waals surface area contributed by atoms with Gasteiger partial charge in [-0.3, -0.25) is 9.48 Å². The number of allylic oxidation sites excluding steroid dienone is 1. The Bertz CT molecular complexity index is 550. The van der Waals surface area contributed by atoms with Crippen molar-refractivity contribution >= 4 is 11.9 Å². The van der Waals surface area contributed by atoms with Crippen molar-refractivity contribution in [1.82, 2.24) is 9.78 Å². The smallest absolute Gasteiger partial charge is 0.185 e. The molecule has 0 aliphatic carbocycles. The summed E-state index contributed by atoms with van der Waals surface area (Å²) in [7, 11) is 1.85. The monoisotopic (exact) mass is 226 g/mol. The molecule has 0 N–H and O–H groups in total. The Morgan fingerprint density at radius 1 is 1.24 bits per heavy atom. The summed E-state index contributed by atoms with van der Waals surface area (Å²) < 4.78 is 1.70. The molecule has 0 spiro atoms. The van der Waals surface area contributed by atoms with Crippen molar-refractivity contribution in [3.63, 3.8) is 0 Å². The summed E-state index contributed by atoms with van der Waals surface area (Å²) in [6, 6.07) is 9.39. The third kappa shape index (κ3) is 2.91. The quantitative estimate of drug-likeness (QED) is 0.595. The molecule has 0 aliphatic heterocycles. The predicted molar refractivity (Wildman–Crippen MR) is 67.8 cm³/mol. The molecule has 1 aromatic heterocycles. The molecule has 0 bridgehead atoms. The van der Waals surface area contributed by atoms with Gasteiger partial charge in [-0.15, -0.1) is 0 Å². The van der Waals surface area contributed by atoms with Gasteiger partial charge in [0, 0.05) is 18.8 Å². The first kappa shape index (κ1) is 11.3. The molecular weight excluding hydrogens is 212 g/mol. The molecule has 2 rings (SSSR count). The Morgan fingerprint density at radius 2 is 1.94 bits per heavy atom. The van der Waals surface area contributed by atoms with Crippen molar-refractivity contribution in [2.24, 2.45) is 7.05 Å². The topological polar surface area (TPSA) is 34.9 Å². The number of carbonyl (C=O) groups excluding carboxylic acids is 1. The Kier molecular flexibility index (Phi) is 3.19. The van der Waals surface area contributed by atoms with Crippen LogP contribution in [0.1, 0.15) is 21.6 Å². The number of carbonyl (C=O) groups is 1. The maximum absolute atomic E-state index is 11.8. The molecule has 2 aromatic rings.